The Morgan fingerprint density at radius 1 is 0.947 bits per heavy atom. The fraction of sp³-hybridized carbons (Fsp3) is 0.600. The molecule has 1 heterocycles. The molecule has 0 unspecified atom stereocenters. The highest BCUT2D eigenvalue weighted by Crippen LogP contribution is 2.37. The van der Waals surface area contributed by atoms with Crippen molar-refractivity contribution in [2.24, 2.45) is 5.92 Å². The molecule has 1 aromatic rings. The molecule has 4 heteroatoms. The van der Waals surface area contributed by atoms with Gasteiger partial charge in [-0.25, -0.2) is 8.42 Å². The molecule has 104 valence electrons. The number of hydrogen-bond acceptors (Lipinski definition) is 2. The normalized spacial score (nSPS) is 28.8. The predicted molar refractivity (Wildman–Crippen MR) is 75.3 cm³/mol. The SMILES string of the molecule is O=S(=O)(c1ccccc1)N1CCC[C@H]2CCCC[C@H]21. The minimum absolute atomic E-state index is 0.243. The summed E-state index contributed by atoms with van der Waals surface area (Å²) in [6.07, 6.45) is 6.88. The topological polar surface area (TPSA) is 37.4 Å². The van der Waals surface area contributed by atoms with Crippen molar-refractivity contribution in [3.05, 3.63) is 30.3 Å². The third-order valence-corrected chi connectivity index (χ3v) is 6.48. The molecular weight excluding hydrogens is 258 g/mol. The molecule has 0 N–H and O–H groups in total. The summed E-state index contributed by atoms with van der Waals surface area (Å²) in [7, 11) is -3.30. The summed E-state index contributed by atoms with van der Waals surface area (Å²) in [5.41, 5.74) is 0. The molecule has 1 saturated carbocycles. The van der Waals surface area contributed by atoms with Crippen LogP contribution in [0.1, 0.15) is 38.5 Å². The van der Waals surface area contributed by atoms with E-state index in [1.165, 1.54) is 25.7 Å². The fourth-order valence-corrected chi connectivity index (χ4v) is 5.38. The lowest BCUT2D eigenvalue weighted by Crippen LogP contribution is -2.49. The molecule has 0 amide bonds. The Morgan fingerprint density at radius 2 is 1.63 bits per heavy atom. The molecule has 3 nitrogen and oxygen atoms in total. The number of sulfonamides is 1. The summed E-state index contributed by atoms with van der Waals surface area (Å²) in [4.78, 5) is 0.446. The van der Waals surface area contributed by atoms with Crippen LogP contribution in [0.2, 0.25) is 0 Å². The van der Waals surface area contributed by atoms with E-state index in [0.717, 1.165) is 12.8 Å². The summed E-state index contributed by atoms with van der Waals surface area (Å²) < 4.78 is 27.3. The number of nitrogens with zero attached hydrogens (tertiary/aromatic N) is 1. The molecule has 1 aliphatic heterocycles. The molecule has 2 fully saturated rings. The smallest absolute Gasteiger partial charge is 0.207 e. The lowest BCUT2D eigenvalue weighted by atomic mass is 9.79. The van der Waals surface area contributed by atoms with Gasteiger partial charge in [0.1, 0.15) is 0 Å². The first-order chi connectivity index (χ1) is 9.19. The highest BCUT2D eigenvalue weighted by molar-refractivity contribution is 7.89. The van der Waals surface area contributed by atoms with Gasteiger partial charge in [0.2, 0.25) is 10.0 Å². The van der Waals surface area contributed by atoms with Crippen molar-refractivity contribution in [2.45, 2.75) is 49.5 Å². The maximum Gasteiger partial charge on any atom is 0.243 e. The Hall–Kier alpha value is -0.870. The van der Waals surface area contributed by atoms with Gasteiger partial charge in [-0.2, -0.15) is 4.31 Å². The largest absolute Gasteiger partial charge is 0.243 e. The molecular formula is C15H21NO2S. The second-order valence-electron chi connectivity index (χ2n) is 5.68. The highest BCUT2D eigenvalue weighted by Gasteiger charge is 2.39. The van der Waals surface area contributed by atoms with Gasteiger partial charge in [-0.15, -0.1) is 0 Å². The minimum Gasteiger partial charge on any atom is -0.207 e. The third kappa shape index (κ3) is 2.43. The molecule has 3 rings (SSSR count). The first-order valence-electron chi connectivity index (χ1n) is 7.26. The van der Waals surface area contributed by atoms with Crippen LogP contribution in [-0.2, 0) is 10.0 Å². The zero-order valence-electron chi connectivity index (χ0n) is 11.2. The van der Waals surface area contributed by atoms with E-state index >= 15 is 0 Å². The van der Waals surface area contributed by atoms with E-state index in [-0.39, 0.29) is 6.04 Å². The Balaban J connectivity index is 1.91. The summed E-state index contributed by atoms with van der Waals surface area (Å²) in [6, 6.07) is 9.12. The molecule has 0 aromatic heterocycles. The Kier molecular flexibility index (Phi) is 3.63. The van der Waals surface area contributed by atoms with Crippen LogP contribution in [-0.4, -0.2) is 25.3 Å². The van der Waals surface area contributed by atoms with Gasteiger partial charge in [0, 0.05) is 12.6 Å². The Morgan fingerprint density at radius 3 is 2.42 bits per heavy atom. The van der Waals surface area contributed by atoms with Crippen molar-refractivity contribution >= 4 is 10.0 Å². The van der Waals surface area contributed by atoms with Crippen molar-refractivity contribution in [1.82, 2.24) is 4.31 Å². The Bertz CT molecular complexity index is 524. The monoisotopic (exact) mass is 279 g/mol. The zero-order chi connectivity index (χ0) is 13.3. The molecule has 19 heavy (non-hydrogen) atoms. The maximum atomic E-state index is 12.8. The van der Waals surface area contributed by atoms with E-state index in [2.05, 4.69) is 0 Å². The number of benzene rings is 1. The zero-order valence-corrected chi connectivity index (χ0v) is 12.0. The van der Waals surface area contributed by atoms with Crippen LogP contribution >= 0.6 is 0 Å². The molecule has 0 spiro atoms. The lowest BCUT2D eigenvalue weighted by Gasteiger charge is -2.43. The van der Waals surface area contributed by atoms with Gasteiger partial charge in [-0.3, -0.25) is 0 Å². The number of fused-ring (bicyclic) bond motifs is 1. The second-order valence-corrected chi connectivity index (χ2v) is 7.57. The average Bonchev–Trinajstić information content (AvgIpc) is 2.47. The minimum atomic E-state index is -3.30. The van der Waals surface area contributed by atoms with Gasteiger partial charge in [0.05, 0.1) is 4.90 Å². The molecule has 2 atom stereocenters. The van der Waals surface area contributed by atoms with Crippen molar-refractivity contribution < 1.29 is 8.42 Å². The summed E-state index contributed by atoms with van der Waals surface area (Å²) in [5, 5.41) is 0. The molecule has 0 bridgehead atoms. The molecule has 2 aliphatic rings. The van der Waals surface area contributed by atoms with Crippen LogP contribution in [0.25, 0.3) is 0 Å². The van der Waals surface area contributed by atoms with Crippen LogP contribution in [0.4, 0.5) is 0 Å². The van der Waals surface area contributed by atoms with E-state index in [1.807, 2.05) is 6.07 Å². The second kappa shape index (κ2) is 5.25. The molecule has 1 aromatic carbocycles. The van der Waals surface area contributed by atoms with Crippen molar-refractivity contribution in [3.63, 3.8) is 0 Å². The summed E-state index contributed by atoms with van der Waals surface area (Å²) in [6.45, 7) is 0.693. The molecule has 0 radical (unpaired) electrons. The van der Waals surface area contributed by atoms with E-state index < -0.39 is 10.0 Å². The number of piperidine rings is 1. The van der Waals surface area contributed by atoms with Crippen LogP contribution in [0.15, 0.2) is 35.2 Å². The van der Waals surface area contributed by atoms with Crippen LogP contribution < -0.4 is 0 Å². The van der Waals surface area contributed by atoms with Crippen molar-refractivity contribution in [3.8, 4) is 0 Å². The van der Waals surface area contributed by atoms with Gasteiger partial charge in [-0.1, -0.05) is 31.0 Å². The van der Waals surface area contributed by atoms with Crippen LogP contribution in [0.3, 0.4) is 0 Å². The summed E-state index contributed by atoms with van der Waals surface area (Å²) in [5.74, 6) is 0.584. The fourth-order valence-electron chi connectivity index (χ4n) is 3.61. The molecule has 1 saturated heterocycles. The van der Waals surface area contributed by atoms with Crippen molar-refractivity contribution in [1.29, 1.82) is 0 Å². The van der Waals surface area contributed by atoms with Crippen LogP contribution in [0, 0.1) is 5.92 Å². The first-order valence-corrected chi connectivity index (χ1v) is 8.70. The van der Waals surface area contributed by atoms with E-state index in [1.54, 1.807) is 28.6 Å². The van der Waals surface area contributed by atoms with E-state index in [4.69, 9.17) is 0 Å². The van der Waals surface area contributed by atoms with E-state index in [0.29, 0.717) is 17.4 Å². The first kappa shape index (κ1) is 13.1. The predicted octanol–water partition coefficient (Wildman–Crippen LogP) is 3.03. The van der Waals surface area contributed by atoms with Gasteiger partial charge in [0.15, 0.2) is 0 Å². The Labute approximate surface area is 115 Å². The summed E-state index contributed by atoms with van der Waals surface area (Å²) >= 11 is 0. The van der Waals surface area contributed by atoms with Gasteiger partial charge in [0.25, 0.3) is 0 Å². The van der Waals surface area contributed by atoms with Crippen molar-refractivity contribution in [2.75, 3.05) is 6.54 Å². The standard InChI is InChI=1S/C15H21NO2S/c17-19(18,14-9-2-1-3-10-14)16-12-6-8-13-7-4-5-11-15(13)16/h1-3,9-10,13,15H,4-8,11-12H2/t13-,15-/m1/s1. The third-order valence-electron chi connectivity index (χ3n) is 4.54. The highest BCUT2D eigenvalue weighted by atomic mass is 32.2. The van der Waals surface area contributed by atoms with Gasteiger partial charge in [-0.05, 0) is 43.7 Å². The lowest BCUT2D eigenvalue weighted by molar-refractivity contribution is 0.129. The maximum absolute atomic E-state index is 12.8. The quantitative estimate of drug-likeness (QED) is 0.834. The average molecular weight is 279 g/mol. The number of rotatable bonds is 2. The van der Waals surface area contributed by atoms with E-state index in [9.17, 15) is 8.42 Å². The number of hydrogen-bond donors (Lipinski definition) is 0. The molecule has 1 aliphatic carbocycles. The van der Waals surface area contributed by atoms with Gasteiger partial charge < -0.3 is 0 Å². The van der Waals surface area contributed by atoms with Gasteiger partial charge >= 0.3 is 0 Å². The van der Waals surface area contributed by atoms with Crippen LogP contribution in [0.5, 0.6) is 0 Å².